The maximum atomic E-state index is 12.1. The number of hydrogen-bond donors (Lipinski definition) is 2. The lowest BCUT2D eigenvalue weighted by molar-refractivity contribution is 0.534. The SMILES string of the molecule is CNC(C)c1ccc(S(=O)(=O)Nc2nnc(C)o2)cc1. The second kappa shape index (κ2) is 5.59. The van der Waals surface area contributed by atoms with Gasteiger partial charge in [-0.1, -0.05) is 17.2 Å². The van der Waals surface area contributed by atoms with Crippen molar-refractivity contribution in [2.24, 2.45) is 0 Å². The number of anilines is 1. The van der Waals surface area contributed by atoms with Crippen molar-refractivity contribution in [1.82, 2.24) is 15.5 Å². The van der Waals surface area contributed by atoms with E-state index in [1.54, 1.807) is 19.1 Å². The summed E-state index contributed by atoms with van der Waals surface area (Å²) in [5.41, 5.74) is 1.00. The predicted molar refractivity (Wildman–Crippen MR) is 73.8 cm³/mol. The molecule has 0 saturated heterocycles. The highest BCUT2D eigenvalue weighted by atomic mass is 32.2. The molecule has 0 spiro atoms. The Hall–Kier alpha value is -1.93. The van der Waals surface area contributed by atoms with Gasteiger partial charge in [0, 0.05) is 13.0 Å². The first-order valence-corrected chi connectivity index (χ1v) is 7.51. The van der Waals surface area contributed by atoms with Crippen LogP contribution in [0.2, 0.25) is 0 Å². The normalized spacial score (nSPS) is 13.2. The van der Waals surface area contributed by atoms with Gasteiger partial charge in [0.05, 0.1) is 4.90 Å². The van der Waals surface area contributed by atoms with Crippen LogP contribution in [0, 0.1) is 6.92 Å². The quantitative estimate of drug-likeness (QED) is 0.867. The lowest BCUT2D eigenvalue weighted by Crippen LogP contribution is -2.15. The molecule has 2 N–H and O–H groups in total. The molecule has 0 saturated carbocycles. The lowest BCUT2D eigenvalue weighted by atomic mass is 10.1. The monoisotopic (exact) mass is 296 g/mol. The summed E-state index contributed by atoms with van der Waals surface area (Å²) in [4.78, 5) is 0.139. The maximum absolute atomic E-state index is 12.1. The van der Waals surface area contributed by atoms with Crippen LogP contribution in [-0.4, -0.2) is 25.7 Å². The fourth-order valence-electron chi connectivity index (χ4n) is 1.61. The number of nitrogens with one attached hydrogen (secondary N) is 2. The topological polar surface area (TPSA) is 97.1 Å². The van der Waals surface area contributed by atoms with Gasteiger partial charge in [0.1, 0.15) is 0 Å². The summed E-state index contributed by atoms with van der Waals surface area (Å²) in [5.74, 6) is 0.292. The average molecular weight is 296 g/mol. The molecule has 2 rings (SSSR count). The van der Waals surface area contributed by atoms with Gasteiger partial charge in [-0.25, -0.2) is 13.1 Å². The molecule has 0 fully saturated rings. The third-order valence-electron chi connectivity index (χ3n) is 2.87. The molecule has 1 atom stereocenters. The molecule has 0 aliphatic carbocycles. The lowest BCUT2D eigenvalue weighted by Gasteiger charge is -2.11. The third kappa shape index (κ3) is 3.14. The second-order valence-electron chi connectivity index (χ2n) is 4.31. The van der Waals surface area contributed by atoms with Gasteiger partial charge >= 0.3 is 6.01 Å². The zero-order valence-corrected chi connectivity index (χ0v) is 12.2. The van der Waals surface area contributed by atoms with Gasteiger partial charge in [-0.05, 0) is 31.7 Å². The number of sulfonamides is 1. The Morgan fingerprint density at radius 1 is 1.20 bits per heavy atom. The van der Waals surface area contributed by atoms with Crippen LogP contribution < -0.4 is 10.0 Å². The summed E-state index contributed by atoms with van der Waals surface area (Å²) >= 11 is 0. The molecule has 7 nitrogen and oxygen atoms in total. The number of nitrogens with zero attached hydrogens (tertiary/aromatic N) is 2. The van der Waals surface area contributed by atoms with Crippen molar-refractivity contribution in [1.29, 1.82) is 0 Å². The van der Waals surface area contributed by atoms with Crippen LogP contribution in [0.1, 0.15) is 24.4 Å². The van der Waals surface area contributed by atoms with Crippen LogP contribution in [-0.2, 0) is 10.0 Å². The summed E-state index contributed by atoms with van der Waals surface area (Å²) in [7, 11) is -1.87. The molecular formula is C12H16N4O3S. The minimum Gasteiger partial charge on any atom is -0.408 e. The van der Waals surface area contributed by atoms with Crippen molar-refractivity contribution in [3.8, 4) is 0 Å². The first kappa shape index (κ1) is 14.5. The summed E-state index contributed by atoms with van der Waals surface area (Å²) in [6.45, 7) is 3.57. The van der Waals surface area contributed by atoms with Crippen molar-refractivity contribution in [2.75, 3.05) is 11.8 Å². The Morgan fingerprint density at radius 3 is 2.35 bits per heavy atom. The van der Waals surface area contributed by atoms with Crippen LogP contribution in [0.4, 0.5) is 6.01 Å². The molecule has 0 amide bonds. The molecule has 0 bridgehead atoms. The van der Waals surface area contributed by atoms with Gasteiger partial charge in [-0.2, -0.15) is 0 Å². The molecule has 0 radical (unpaired) electrons. The minimum atomic E-state index is -3.72. The fourth-order valence-corrected chi connectivity index (χ4v) is 2.54. The van der Waals surface area contributed by atoms with E-state index < -0.39 is 10.0 Å². The Bertz CT molecular complexity index is 679. The Kier molecular flexibility index (Phi) is 4.05. The summed E-state index contributed by atoms with van der Waals surface area (Å²) in [6, 6.07) is 6.60. The largest absolute Gasteiger partial charge is 0.408 e. The molecule has 1 unspecified atom stereocenters. The summed E-state index contributed by atoms with van der Waals surface area (Å²) in [5, 5.41) is 10.2. The zero-order valence-electron chi connectivity index (χ0n) is 11.4. The van der Waals surface area contributed by atoms with Crippen molar-refractivity contribution in [3.05, 3.63) is 35.7 Å². The second-order valence-corrected chi connectivity index (χ2v) is 5.99. The summed E-state index contributed by atoms with van der Waals surface area (Å²) in [6.07, 6.45) is 0. The van der Waals surface area contributed by atoms with Crippen LogP contribution in [0.5, 0.6) is 0 Å². The van der Waals surface area contributed by atoms with Gasteiger partial charge in [-0.3, -0.25) is 0 Å². The van der Waals surface area contributed by atoms with E-state index in [-0.39, 0.29) is 17.0 Å². The predicted octanol–water partition coefficient (Wildman–Crippen LogP) is 1.46. The van der Waals surface area contributed by atoms with Gasteiger partial charge in [0.2, 0.25) is 5.89 Å². The van der Waals surface area contributed by atoms with E-state index in [1.165, 1.54) is 12.1 Å². The molecular weight excluding hydrogens is 280 g/mol. The van der Waals surface area contributed by atoms with E-state index in [0.29, 0.717) is 5.89 Å². The smallest absolute Gasteiger partial charge is 0.329 e. The van der Waals surface area contributed by atoms with Crippen LogP contribution in [0.25, 0.3) is 0 Å². The number of aromatic nitrogens is 2. The van der Waals surface area contributed by atoms with Crippen LogP contribution >= 0.6 is 0 Å². The number of benzene rings is 1. The van der Waals surface area contributed by atoms with E-state index in [2.05, 4.69) is 20.2 Å². The van der Waals surface area contributed by atoms with E-state index >= 15 is 0 Å². The highest BCUT2D eigenvalue weighted by molar-refractivity contribution is 7.92. The molecule has 2 aromatic rings. The first-order valence-electron chi connectivity index (χ1n) is 6.02. The average Bonchev–Trinajstić information content (AvgIpc) is 2.82. The third-order valence-corrected chi connectivity index (χ3v) is 4.21. The minimum absolute atomic E-state index is 0.139. The van der Waals surface area contributed by atoms with E-state index in [1.807, 2.05) is 14.0 Å². The Morgan fingerprint density at radius 2 is 1.85 bits per heavy atom. The van der Waals surface area contributed by atoms with Crippen molar-refractivity contribution in [3.63, 3.8) is 0 Å². The Balaban J connectivity index is 2.21. The van der Waals surface area contributed by atoms with Crippen molar-refractivity contribution >= 4 is 16.0 Å². The molecule has 1 aromatic carbocycles. The molecule has 1 heterocycles. The molecule has 108 valence electrons. The summed E-state index contributed by atoms with van der Waals surface area (Å²) < 4.78 is 31.4. The van der Waals surface area contributed by atoms with Gasteiger partial charge in [-0.15, -0.1) is 5.10 Å². The molecule has 0 aliphatic rings. The van der Waals surface area contributed by atoms with Crippen LogP contribution in [0.3, 0.4) is 0 Å². The molecule has 20 heavy (non-hydrogen) atoms. The number of aryl methyl sites for hydroxylation is 1. The van der Waals surface area contributed by atoms with Crippen molar-refractivity contribution < 1.29 is 12.8 Å². The van der Waals surface area contributed by atoms with E-state index in [4.69, 9.17) is 4.42 Å². The highest BCUT2D eigenvalue weighted by Gasteiger charge is 2.17. The van der Waals surface area contributed by atoms with Crippen LogP contribution in [0.15, 0.2) is 33.6 Å². The van der Waals surface area contributed by atoms with Gasteiger partial charge < -0.3 is 9.73 Å². The maximum Gasteiger partial charge on any atom is 0.329 e. The molecule has 8 heteroatoms. The Labute approximate surface area is 117 Å². The van der Waals surface area contributed by atoms with Gasteiger partial charge in [0.15, 0.2) is 0 Å². The molecule has 0 aliphatic heterocycles. The standard InChI is InChI=1S/C12H16N4O3S/c1-8(13-3)10-4-6-11(7-5-10)20(17,18)16-12-15-14-9(2)19-12/h4-8,13H,1-3H3,(H,15,16). The number of hydrogen-bond acceptors (Lipinski definition) is 6. The fraction of sp³-hybridized carbons (Fsp3) is 0.333. The number of rotatable bonds is 5. The van der Waals surface area contributed by atoms with Crippen molar-refractivity contribution in [2.45, 2.75) is 24.8 Å². The first-order chi connectivity index (χ1) is 9.42. The molecule has 1 aromatic heterocycles. The van der Waals surface area contributed by atoms with E-state index in [0.717, 1.165) is 5.56 Å². The van der Waals surface area contributed by atoms with E-state index in [9.17, 15) is 8.42 Å². The zero-order chi connectivity index (χ0) is 14.8. The van der Waals surface area contributed by atoms with Gasteiger partial charge in [0.25, 0.3) is 10.0 Å². The highest BCUT2D eigenvalue weighted by Crippen LogP contribution is 2.18.